The Kier molecular flexibility index (Phi) is 4.45. The van der Waals surface area contributed by atoms with Gasteiger partial charge in [0.25, 0.3) is 5.91 Å². The lowest BCUT2D eigenvalue weighted by Crippen LogP contribution is -2.35. The van der Waals surface area contributed by atoms with Gasteiger partial charge in [-0.25, -0.2) is 5.06 Å². The molecule has 0 rings (SSSR count). The van der Waals surface area contributed by atoms with Gasteiger partial charge in [0.05, 0.1) is 7.11 Å². The van der Waals surface area contributed by atoms with Gasteiger partial charge in [0.1, 0.15) is 5.38 Å². The summed E-state index contributed by atoms with van der Waals surface area (Å²) in [7, 11) is 2.97. The summed E-state index contributed by atoms with van der Waals surface area (Å²) < 4.78 is 0. The number of hydrogen-bond acceptors (Lipinski definition) is 2. The molecule has 0 aliphatic rings. The molecular weight excluding hydrogens is 166 g/mol. The van der Waals surface area contributed by atoms with Crippen LogP contribution in [0.4, 0.5) is 0 Å². The van der Waals surface area contributed by atoms with Gasteiger partial charge in [-0.1, -0.05) is 13.8 Å². The third kappa shape index (κ3) is 3.08. The molecule has 0 saturated heterocycles. The first kappa shape index (κ1) is 10.7. The zero-order valence-corrected chi connectivity index (χ0v) is 8.05. The molecule has 0 heterocycles. The largest absolute Gasteiger partial charge is 0.275 e. The van der Waals surface area contributed by atoms with Crippen molar-refractivity contribution in [2.24, 2.45) is 5.92 Å². The highest BCUT2D eigenvalue weighted by atomic mass is 35.5. The number of nitrogens with zero attached hydrogens (tertiary/aromatic N) is 1. The van der Waals surface area contributed by atoms with E-state index in [1.807, 2.05) is 13.8 Å². The van der Waals surface area contributed by atoms with Crippen molar-refractivity contribution in [3.63, 3.8) is 0 Å². The lowest BCUT2D eigenvalue weighted by molar-refractivity contribution is -0.168. The average Bonchev–Trinajstić information content (AvgIpc) is 2.00. The molecule has 1 amide bonds. The minimum absolute atomic E-state index is 0.127. The normalized spacial score (nSPS) is 13.3. The van der Waals surface area contributed by atoms with Crippen LogP contribution < -0.4 is 0 Å². The van der Waals surface area contributed by atoms with Gasteiger partial charge in [-0.05, 0) is 5.92 Å². The number of carbonyl (C=O) groups excluding carboxylic acids is 1. The van der Waals surface area contributed by atoms with E-state index in [4.69, 9.17) is 11.6 Å². The van der Waals surface area contributed by atoms with Gasteiger partial charge in [-0.15, -0.1) is 11.6 Å². The Balaban J connectivity index is 4.02. The van der Waals surface area contributed by atoms with E-state index in [1.54, 1.807) is 7.05 Å². The zero-order valence-electron chi connectivity index (χ0n) is 7.30. The van der Waals surface area contributed by atoms with Crippen molar-refractivity contribution in [2.75, 3.05) is 14.2 Å². The minimum atomic E-state index is -0.500. The SMILES string of the molecule is CON(C)C(=O)C(Cl)C(C)C. The van der Waals surface area contributed by atoms with Crippen molar-refractivity contribution in [2.45, 2.75) is 19.2 Å². The highest BCUT2D eigenvalue weighted by Gasteiger charge is 2.22. The summed E-state index contributed by atoms with van der Waals surface area (Å²) in [5, 5.41) is 0.637. The second-order valence-electron chi connectivity index (χ2n) is 2.66. The first-order valence-corrected chi connectivity index (χ1v) is 3.90. The van der Waals surface area contributed by atoms with Gasteiger partial charge in [0.2, 0.25) is 0 Å². The fourth-order valence-corrected chi connectivity index (χ4v) is 0.686. The van der Waals surface area contributed by atoms with E-state index in [-0.39, 0.29) is 11.8 Å². The zero-order chi connectivity index (χ0) is 9.02. The number of halogens is 1. The lowest BCUT2D eigenvalue weighted by atomic mass is 10.1. The van der Waals surface area contributed by atoms with Gasteiger partial charge in [0, 0.05) is 7.05 Å². The maximum atomic E-state index is 11.2. The molecule has 4 heteroatoms. The fourth-order valence-electron chi connectivity index (χ4n) is 0.549. The van der Waals surface area contributed by atoms with Crippen LogP contribution in [-0.2, 0) is 9.63 Å². The maximum Gasteiger partial charge on any atom is 0.264 e. The molecule has 3 nitrogen and oxygen atoms in total. The summed E-state index contributed by atoms with van der Waals surface area (Å²) in [6.45, 7) is 3.78. The van der Waals surface area contributed by atoms with E-state index in [0.717, 1.165) is 5.06 Å². The third-order valence-corrected chi connectivity index (χ3v) is 2.10. The van der Waals surface area contributed by atoms with Crippen LogP contribution in [0.5, 0.6) is 0 Å². The maximum absolute atomic E-state index is 11.2. The molecule has 0 fully saturated rings. The number of alkyl halides is 1. The summed E-state index contributed by atoms with van der Waals surface area (Å²) >= 11 is 5.77. The summed E-state index contributed by atoms with van der Waals surface area (Å²) in [5.74, 6) is -0.0778. The van der Waals surface area contributed by atoms with Crippen LogP contribution in [0.3, 0.4) is 0 Å². The Bertz CT molecular complexity index is 138. The van der Waals surface area contributed by atoms with E-state index in [9.17, 15) is 4.79 Å². The van der Waals surface area contributed by atoms with Crippen molar-refractivity contribution >= 4 is 17.5 Å². The molecule has 0 spiro atoms. The van der Waals surface area contributed by atoms with Crippen LogP contribution in [0.1, 0.15) is 13.8 Å². The molecule has 11 heavy (non-hydrogen) atoms. The highest BCUT2D eigenvalue weighted by Crippen LogP contribution is 2.11. The van der Waals surface area contributed by atoms with Gasteiger partial charge >= 0.3 is 0 Å². The summed E-state index contributed by atoms with van der Waals surface area (Å²) in [4.78, 5) is 15.9. The predicted molar refractivity (Wildman–Crippen MR) is 44.3 cm³/mol. The summed E-state index contributed by atoms with van der Waals surface area (Å²) in [6, 6.07) is 0. The Hall–Kier alpha value is -0.280. The number of rotatable bonds is 3. The average molecular weight is 180 g/mol. The molecule has 66 valence electrons. The first-order valence-electron chi connectivity index (χ1n) is 3.46. The molecule has 0 bridgehead atoms. The van der Waals surface area contributed by atoms with Crippen molar-refractivity contribution < 1.29 is 9.63 Å². The van der Waals surface area contributed by atoms with Crippen molar-refractivity contribution in [3.05, 3.63) is 0 Å². The molecular formula is C7H14ClNO2. The van der Waals surface area contributed by atoms with Crippen LogP contribution in [0, 0.1) is 5.92 Å². The Morgan fingerprint density at radius 1 is 1.55 bits per heavy atom. The fraction of sp³-hybridized carbons (Fsp3) is 0.857. The van der Waals surface area contributed by atoms with Crippen molar-refractivity contribution in [1.82, 2.24) is 5.06 Å². The van der Waals surface area contributed by atoms with Gasteiger partial charge in [-0.2, -0.15) is 0 Å². The Morgan fingerprint density at radius 2 is 2.00 bits per heavy atom. The van der Waals surface area contributed by atoms with Crippen molar-refractivity contribution in [1.29, 1.82) is 0 Å². The van der Waals surface area contributed by atoms with E-state index < -0.39 is 5.38 Å². The second-order valence-corrected chi connectivity index (χ2v) is 3.13. The van der Waals surface area contributed by atoms with Gasteiger partial charge in [0.15, 0.2) is 0 Å². The van der Waals surface area contributed by atoms with Crippen LogP contribution >= 0.6 is 11.6 Å². The molecule has 0 aliphatic carbocycles. The lowest BCUT2D eigenvalue weighted by Gasteiger charge is -2.19. The molecule has 0 aromatic rings. The van der Waals surface area contributed by atoms with E-state index in [1.165, 1.54) is 7.11 Å². The van der Waals surface area contributed by atoms with E-state index in [2.05, 4.69) is 4.84 Å². The Labute approximate surface area is 72.2 Å². The highest BCUT2D eigenvalue weighted by molar-refractivity contribution is 6.30. The smallest absolute Gasteiger partial charge is 0.264 e. The monoisotopic (exact) mass is 179 g/mol. The first-order chi connectivity index (χ1) is 5.00. The topological polar surface area (TPSA) is 29.5 Å². The molecule has 0 aliphatic heterocycles. The molecule has 0 radical (unpaired) electrons. The van der Waals surface area contributed by atoms with Crippen molar-refractivity contribution in [3.8, 4) is 0 Å². The third-order valence-electron chi connectivity index (χ3n) is 1.41. The number of amides is 1. The molecule has 0 N–H and O–H groups in total. The number of hydrogen-bond donors (Lipinski definition) is 0. The summed E-state index contributed by atoms with van der Waals surface area (Å²) in [5.41, 5.74) is 0. The molecule has 1 atom stereocenters. The standard InChI is InChI=1S/C7H14ClNO2/c1-5(2)6(8)7(10)9(3)11-4/h5-6H,1-4H3. The van der Waals surface area contributed by atoms with Gasteiger partial charge in [-0.3, -0.25) is 9.63 Å². The molecule has 0 aromatic heterocycles. The second kappa shape index (κ2) is 4.57. The quantitative estimate of drug-likeness (QED) is 0.483. The molecule has 1 unspecified atom stereocenters. The number of hydroxylamine groups is 2. The molecule has 0 aromatic carbocycles. The van der Waals surface area contributed by atoms with E-state index >= 15 is 0 Å². The van der Waals surface area contributed by atoms with Crippen LogP contribution in [-0.4, -0.2) is 30.5 Å². The summed E-state index contributed by atoms with van der Waals surface area (Å²) in [6.07, 6.45) is 0. The predicted octanol–water partition coefficient (Wildman–Crippen LogP) is 1.27. The van der Waals surface area contributed by atoms with Gasteiger partial charge < -0.3 is 0 Å². The molecule has 0 saturated carbocycles. The number of carbonyl (C=O) groups is 1. The van der Waals surface area contributed by atoms with Crippen LogP contribution in [0.2, 0.25) is 0 Å². The minimum Gasteiger partial charge on any atom is -0.275 e. The van der Waals surface area contributed by atoms with E-state index in [0.29, 0.717) is 0 Å². The Morgan fingerprint density at radius 3 is 2.27 bits per heavy atom. The van der Waals surface area contributed by atoms with Crippen LogP contribution in [0.15, 0.2) is 0 Å². The van der Waals surface area contributed by atoms with Crippen LogP contribution in [0.25, 0.3) is 0 Å².